The van der Waals surface area contributed by atoms with Crippen molar-refractivity contribution in [2.24, 2.45) is 0 Å². The lowest BCUT2D eigenvalue weighted by Crippen LogP contribution is -2.29. The van der Waals surface area contributed by atoms with E-state index < -0.39 is 10.8 Å². The first kappa shape index (κ1) is 13.9. The SMILES string of the molecule is CC[S@@](=O)c1ccccc1C(=O)N1CCc2cnccc21. The Morgan fingerprint density at radius 2 is 2.14 bits per heavy atom. The molecule has 0 spiro atoms. The third kappa shape index (κ3) is 2.49. The van der Waals surface area contributed by atoms with Crippen LogP contribution in [0.5, 0.6) is 0 Å². The van der Waals surface area contributed by atoms with Gasteiger partial charge in [0.25, 0.3) is 5.91 Å². The Morgan fingerprint density at radius 1 is 1.33 bits per heavy atom. The van der Waals surface area contributed by atoms with Crippen LogP contribution < -0.4 is 4.90 Å². The van der Waals surface area contributed by atoms with Gasteiger partial charge in [0.15, 0.2) is 0 Å². The Hall–Kier alpha value is -2.01. The van der Waals surface area contributed by atoms with Crippen molar-refractivity contribution in [3.8, 4) is 0 Å². The van der Waals surface area contributed by atoms with E-state index in [1.165, 1.54) is 0 Å². The number of amides is 1. The van der Waals surface area contributed by atoms with Crippen LogP contribution in [-0.4, -0.2) is 27.4 Å². The number of hydrogen-bond acceptors (Lipinski definition) is 3. The maximum atomic E-state index is 12.8. The van der Waals surface area contributed by atoms with Crippen molar-refractivity contribution in [1.29, 1.82) is 0 Å². The third-order valence-corrected chi connectivity index (χ3v) is 5.01. The quantitative estimate of drug-likeness (QED) is 0.874. The number of fused-ring (bicyclic) bond motifs is 1. The molecule has 2 aromatic rings. The van der Waals surface area contributed by atoms with E-state index in [2.05, 4.69) is 4.98 Å². The number of pyridine rings is 1. The molecule has 0 radical (unpaired) electrons. The first-order valence-electron chi connectivity index (χ1n) is 6.94. The van der Waals surface area contributed by atoms with E-state index in [9.17, 15) is 9.00 Å². The standard InChI is InChI=1S/C16H16N2O2S/c1-2-21(20)15-6-4-3-5-13(15)16(19)18-10-8-12-11-17-9-7-14(12)18/h3-7,9,11H,2,8,10H2,1H3/t21-/m1/s1. The molecule has 0 fully saturated rings. The summed E-state index contributed by atoms with van der Waals surface area (Å²) in [6.45, 7) is 2.50. The Bertz CT molecular complexity index is 715. The van der Waals surface area contributed by atoms with Crippen LogP contribution in [0.3, 0.4) is 0 Å². The lowest BCUT2D eigenvalue weighted by molar-refractivity contribution is 0.0986. The molecular formula is C16H16N2O2S. The van der Waals surface area contributed by atoms with E-state index in [0.717, 1.165) is 17.7 Å². The van der Waals surface area contributed by atoms with Crippen LogP contribution in [0.25, 0.3) is 0 Å². The molecule has 5 heteroatoms. The predicted octanol–water partition coefficient (Wildman–Crippen LogP) is 2.41. The van der Waals surface area contributed by atoms with Gasteiger partial charge in [0.2, 0.25) is 0 Å². The summed E-state index contributed by atoms with van der Waals surface area (Å²) in [7, 11) is -1.14. The number of hydrogen-bond donors (Lipinski definition) is 0. The molecular weight excluding hydrogens is 284 g/mol. The van der Waals surface area contributed by atoms with Gasteiger partial charge in [-0.3, -0.25) is 14.0 Å². The molecule has 1 aromatic heterocycles. The fourth-order valence-corrected chi connectivity index (χ4v) is 3.52. The Labute approximate surface area is 126 Å². The topological polar surface area (TPSA) is 50.3 Å². The van der Waals surface area contributed by atoms with Crippen molar-refractivity contribution >= 4 is 22.4 Å². The van der Waals surface area contributed by atoms with Gasteiger partial charge in [-0.25, -0.2) is 0 Å². The summed E-state index contributed by atoms with van der Waals surface area (Å²) >= 11 is 0. The number of rotatable bonds is 3. The molecule has 2 heterocycles. The molecule has 0 aliphatic carbocycles. The summed E-state index contributed by atoms with van der Waals surface area (Å²) in [4.78, 5) is 19.3. The third-order valence-electron chi connectivity index (χ3n) is 3.64. The van der Waals surface area contributed by atoms with Crippen LogP contribution >= 0.6 is 0 Å². The molecule has 0 unspecified atom stereocenters. The largest absolute Gasteiger partial charge is 0.308 e. The highest BCUT2D eigenvalue weighted by molar-refractivity contribution is 7.85. The fraction of sp³-hybridized carbons (Fsp3) is 0.250. The number of anilines is 1. The number of benzene rings is 1. The van der Waals surface area contributed by atoms with Gasteiger partial charge in [0.05, 0.1) is 26.9 Å². The molecule has 0 saturated heterocycles. The van der Waals surface area contributed by atoms with Crippen molar-refractivity contribution in [2.75, 3.05) is 17.2 Å². The van der Waals surface area contributed by atoms with Gasteiger partial charge in [0, 0.05) is 24.7 Å². The zero-order chi connectivity index (χ0) is 14.8. The van der Waals surface area contributed by atoms with E-state index in [-0.39, 0.29) is 5.91 Å². The molecule has 0 saturated carbocycles. The second kappa shape index (κ2) is 5.77. The molecule has 1 aliphatic rings. The lowest BCUT2D eigenvalue weighted by atomic mass is 10.2. The van der Waals surface area contributed by atoms with E-state index in [1.54, 1.807) is 29.4 Å². The Kier molecular flexibility index (Phi) is 3.84. The average molecular weight is 300 g/mol. The second-order valence-corrected chi connectivity index (χ2v) is 6.55. The van der Waals surface area contributed by atoms with Crippen LogP contribution in [0.2, 0.25) is 0 Å². The lowest BCUT2D eigenvalue weighted by Gasteiger charge is -2.18. The van der Waals surface area contributed by atoms with Gasteiger partial charge in [0.1, 0.15) is 0 Å². The van der Waals surface area contributed by atoms with Crippen molar-refractivity contribution in [3.63, 3.8) is 0 Å². The number of nitrogens with zero attached hydrogens (tertiary/aromatic N) is 2. The highest BCUT2D eigenvalue weighted by atomic mass is 32.2. The summed E-state index contributed by atoms with van der Waals surface area (Å²) in [6, 6.07) is 9.02. The van der Waals surface area contributed by atoms with Crippen molar-refractivity contribution in [1.82, 2.24) is 4.98 Å². The van der Waals surface area contributed by atoms with Gasteiger partial charge < -0.3 is 4.90 Å². The number of carbonyl (C=O) groups is 1. The molecule has 21 heavy (non-hydrogen) atoms. The molecule has 1 amide bonds. The van der Waals surface area contributed by atoms with Gasteiger partial charge in [-0.1, -0.05) is 19.1 Å². The zero-order valence-electron chi connectivity index (χ0n) is 11.8. The number of carbonyl (C=O) groups excluding carboxylic acids is 1. The molecule has 0 bridgehead atoms. The molecule has 108 valence electrons. The highest BCUT2D eigenvalue weighted by Gasteiger charge is 2.27. The van der Waals surface area contributed by atoms with Crippen molar-refractivity contribution < 1.29 is 9.00 Å². The first-order valence-corrected chi connectivity index (χ1v) is 8.26. The predicted molar refractivity (Wildman–Crippen MR) is 83.0 cm³/mol. The van der Waals surface area contributed by atoms with E-state index in [4.69, 9.17) is 0 Å². The zero-order valence-corrected chi connectivity index (χ0v) is 12.6. The molecule has 1 aliphatic heterocycles. The van der Waals surface area contributed by atoms with Gasteiger partial charge in [-0.2, -0.15) is 0 Å². The summed E-state index contributed by atoms with van der Waals surface area (Å²) in [5.41, 5.74) is 2.52. The Balaban J connectivity index is 1.99. The second-order valence-electron chi connectivity index (χ2n) is 4.84. The highest BCUT2D eigenvalue weighted by Crippen LogP contribution is 2.29. The monoisotopic (exact) mass is 300 g/mol. The fourth-order valence-electron chi connectivity index (χ4n) is 2.58. The van der Waals surface area contributed by atoms with Crippen LogP contribution in [0, 0.1) is 0 Å². The van der Waals surface area contributed by atoms with Gasteiger partial charge in [-0.15, -0.1) is 0 Å². The van der Waals surface area contributed by atoms with Gasteiger partial charge >= 0.3 is 0 Å². The minimum Gasteiger partial charge on any atom is -0.308 e. The number of aromatic nitrogens is 1. The van der Waals surface area contributed by atoms with Crippen LogP contribution in [0.15, 0.2) is 47.6 Å². The maximum Gasteiger partial charge on any atom is 0.259 e. The van der Waals surface area contributed by atoms with E-state index in [1.807, 2.05) is 25.1 Å². The summed E-state index contributed by atoms with van der Waals surface area (Å²) < 4.78 is 12.1. The first-order chi connectivity index (χ1) is 10.2. The molecule has 1 aromatic carbocycles. The van der Waals surface area contributed by atoms with E-state index in [0.29, 0.717) is 22.8 Å². The molecule has 1 atom stereocenters. The van der Waals surface area contributed by atoms with Crippen molar-refractivity contribution in [3.05, 3.63) is 53.9 Å². The van der Waals surface area contributed by atoms with E-state index >= 15 is 0 Å². The smallest absolute Gasteiger partial charge is 0.259 e. The minimum atomic E-state index is -1.14. The van der Waals surface area contributed by atoms with Crippen LogP contribution in [0.1, 0.15) is 22.8 Å². The molecule has 3 rings (SSSR count). The molecule has 0 N–H and O–H groups in total. The average Bonchev–Trinajstić information content (AvgIpc) is 2.97. The van der Waals surface area contributed by atoms with Crippen LogP contribution in [-0.2, 0) is 17.2 Å². The maximum absolute atomic E-state index is 12.8. The van der Waals surface area contributed by atoms with Crippen LogP contribution in [0.4, 0.5) is 5.69 Å². The summed E-state index contributed by atoms with van der Waals surface area (Å²) in [5.74, 6) is 0.419. The van der Waals surface area contributed by atoms with Gasteiger partial charge in [-0.05, 0) is 30.2 Å². The summed E-state index contributed by atoms with van der Waals surface area (Å²) in [6.07, 6.45) is 4.31. The Morgan fingerprint density at radius 3 is 2.95 bits per heavy atom. The summed E-state index contributed by atoms with van der Waals surface area (Å²) in [5, 5.41) is 0. The molecule has 4 nitrogen and oxygen atoms in total. The van der Waals surface area contributed by atoms with Crippen molar-refractivity contribution in [2.45, 2.75) is 18.2 Å². The minimum absolute atomic E-state index is 0.0858. The normalized spacial score (nSPS) is 14.8.